The molecular formula is C21H20F3N7O. The topological polar surface area (TPSA) is 88.3 Å². The molecule has 8 nitrogen and oxygen atoms in total. The minimum atomic E-state index is -4.62. The van der Waals surface area contributed by atoms with Gasteiger partial charge in [-0.25, -0.2) is 19.8 Å². The van der Waals surface area contributed by atoms with Gasteiger partial charge in [0.15, 0.2) is 0 Å². The average molecular weight is 443 g/mol. The van der Waals surface area contributed by atoms with Crippen LogP contribution in [0, 0.1) is 6.92 Å². The van der Waals surface area contributed by atoms with E-state index in [0.717, 1.165) is 23.5 Å². The SMILES string of the molecule is Cc1ccc(C2=NN(C(=O)N[C@H](C)c3cnc(C(F)(F)F)nc3)C[C@H]2n2cccn2)cc1. The molecular weight excluding hydrogens is 423 g/mol. The van der Waals surface area contributed by atoms with Crippen molar-refractivity contribution >= 4 is 11.7 Å². The lowest BCUT2D eigenvalue weighted by Crippen LogP contribution is -2.38. The van der Waals surface area contributed by atoms with E-state index in [4.69, 9.17) is 0 Å². The van der Waals surface area contributed by atoms with E-state index in [2.05, 4.69) is 25.5 Å². The highest BCUT2D eigenvalue weighted by atomic mass is 19.4. The number of benzene rings is 1. The molecule has 3 aromatic rings. The molecule has 3 heterocycles. The Hall–Kier alpha value is -3.76. The van der Waals surface area contributed by atoms with Gasteiger partial charge in [-0.1, -0.05) is 29.8 Å². The average Bonchev–Trinajstić information content (AvgIpc) is 3.44. The highest BCUT2D eigenvalue weighted by Gasteiger charge is 2.35. The van der Waals surface area contributed by atoms with Crippen molar-refractivity contribution in [2.45, 2.75) is 32.1 Å². The molecule has 0 aliphatic carbocycles. The van der Waals surface area contributed by atoms with Gasteiger partial charge in [-0.2, -0.15) is 23.4 Å². The van der Waals surface area contributed by atoms with E-state index in [-0.39, 0.29) is 12.6 Å². The number of hydrogen-bond donors (Lipinski definition) is 1. The molecule has 0 fully saturated rings. The molecule has 0 unspecified atom stereocenters. The van der Waals surface area contributed by atoms with E-state index in [1.54, 1.807) is 30.1 Å². The molecule has 0 spiro atoms. The Labute approximate surface area is 181 Å². The fourth-order valence-corrected chi connectivity index (χ4v) is 3.32. The summed E-state index contributed by atoms with van der Waals surface area (Å²) < 4.78 is 39.7. The van der Waals surface area contributed by atoms with E-state index in [1.165, 1.54) is 5.01 Å². The second kappa shape index (κ2) is 8.40. The van der Waals surface area contributed by atoms with Crippen LogP contribution in [0.25, 0.3) is 0 Å². The highest BCUT2D eigenvalue weighted by Crippen LogP contribution is 2.27. The third-order valence-electron chi connectivity index (χ3n) is 5.08. The maximum absolute atomic E-state index is 12.9. The molecule has 166 valence electrons. The largest absolute Gasteiger partial charge is 0.451 e. The fourth-order valence-electron chi connectivity index (χ4n) is 3.32. The molecule has 2 atom stereocenters. The predicted octanol–water partition coefficient (Wildman–Crippen LogP) is 3.73. The molecule has 0 radical (unpaired) electrons. The molecule has 32 heavy (non-hydrogen) atoms. The second-order valence-corrected chi connectivity index (χ2v) is 7.44. The third-order valence-corrected chi connectivity index (χ3v) is 5.08. The summed E-state index contributed by atoms with van der Waals surface area (Å²) in [6.07, 6.45) is 0.944. The zero-order chi connectivity index (χ0) is 22.9. The van der Waals surface area contributed by atoms with Crippen LogP contribution in [0.15, 0.2) is 60.2 Å². The summed E-state index contributed by atoms with van der Waals surface area (Å²) in [5.74, 6) is -1.23. The second-order valence-electron chi connectivity index (χ2n) is 7.44. The molecule has 1 N–H and O–H groups in total. The number of aromatic nitrogens is 4. The number of hydrogen-bond acceptors (Lipinski definition) is 5. The zero-order valence-corrected chi connectivity index (χ0v) is 17.3. The van der Waals surface area contributed by atoms with Crippen LogP contribution >= 0.6 is 0 Å². The van der Waals surface area contributed by atoms with Crippen molar-refractivity contribution in [3.8, 4) is 0 Å². The Bertz CT molecular complexity index is 1110. The number of rotatable bonds is 4. The van der Waals surface area contributed by atoms with Crippen molar-refractivity contribution in [1.82, 2.24) is 30.1 Å². The van der Waals surface area contributed by atoms with Gasteiger partial charge in [0.1, 0.15) is 6.04 Å². The minimum absolute atomic E-state index is 0.257. The smallest absolute Gasteiger partial charge is 0.330 e. The van der Waals surface area contributed by atoms with Crippen molar-refractivity contribution < 1.29 is 18.0 Å². The Morgan fingerprint density at radius 1 is 1.19 bits per heavy atom. The zero-order valence-electron chi connectivity index (χ0n) is 17.3. The number of halogens is 3. The summed E-state index contributed by atoms with van der Waals surface area (Å²) in [5.41, 5.74) is 3.01. The Balaban J connectivity index is 1.52. The summed E-state index contributed by atoms with van der Waals surface area (Å²) in [7, 11) is 0. The van der Waals surface area contributed by atoms with E-state index >= 15 is 0 Å². The summed E-state index contributed by atoms with van der Waals surface area (Å²) in [5, 5.41) is 12.8. The van der Waals surface area contributed by atoms with Gasteiger partial charge in [0.25, 0.3) is 0 Å². The normalized spacial score (nSPS) is 17.2. The van der Waals surface area contributed by atoms with Crippen molar-refractivity contribution in [1.29, 1.82) is 0 Å². The van der Waals surface area contributed by atoms with Crippen LogP contribution in [0.3, 0.4) is 0 Å². The van der Waals surface area contributed by atoms with E-state index in [9.17, 15) is 18.0 Å². The molecule has 1 aliphatic rings. The first-order valence-electron chi connectivity index (χ1n) is 9.84. The van der Waals surface area contributed by atoms with Crippen molar-refractivity contribution in [3.63, 3.8) is 0 Å². The van der Waals surface area contributed by atoms with E-state index < -0.39 is 24.1 Å². The lowest BCUT2D eigenvalue weighted by molar-refractivity contribution is -0.145. The molecule has 11 heteroatoms. The number of amides is 2. The number of carbonyl (C=O) groups excluding carboxylic acids is 1. The van der Waals surface area contributed by atoms with Gasteiger partial charge < -0.3 is 5.32 Å². The highest BCUT2D eigenvalue weighted by molar-refractivity contribution is 6.05. The molecule has 0 saturated carbocycles. The van der Waals surface area contributed by atoms with Gasteiger partial charge in [0.2, 0.25) is 5.82 Å². The molecule has 2 aromatic heterocycles. The number of nitrogens with one attached hydrogen (secondary N) is 1. The van der Waals surface area contributed by atoms with Crippen molar-refractivity contribution in [2.24, 2.45) is 5.10 Å². The lowest BCUT2D eigenvalue weighted by atomic mass is 10.0. The third kappa shape index (κ3) is 4.46. The Kier molecular flexibility index (Phi) is 5.64. The molecule has 2 amide bonds. The number of aryl methyl sites for hydroxylation is 1. The Morgan fingerprint density at radius 3 is 2.47 bits per heavy atom. The monoisotopic (exact) mass is 443 g/mol. The maximum Gasteiger partial charge on any atom is 0.451 e. The van der Waals surface area contributed by atoms with Gasteiger partial charge in [0.05, 0.1) is 18.3 Å². The van der Waals surface area contributed by atoms with Crippen LogP contribution in [0.5, 0.6) is 0 Å². The van der Waals surface area contributed by atoms with E-state index in [0.29, 0.717) is 11.3 Å². The number of urea groups is 1. The summed E-state index contributed by atoms with van der Waals surface area (Å²) >= 11 is 0. The number of nitrogens with zero attached hydrogens (tertiary/aromatic N) is 6. The molecule has 1 aromatic carbocycles. The van der Waals surface area contributed by atoms with Crippen LogP contribution in [0.4, 0.5) is 18.0 Å². The quantitative estimate of drug-likeness (QED) is 0.666. The Morgan fingerprint density at radius 2 is 1.88 bits per heavy atom. The van der Waals surface area contributed by atoms with Gasteiger partial charge in [-0.15, -0.1) is 0 Å². The summed E-state index contributed by atoms with van der Waals surface area (Å²) in [6.45, 7) is 3.87. The van der Waals surface area contributed by atoms with Crippen LogP contribution in [-0.4, -0.2) is 43.0 Å². The minimum Gasteiger partial charge on any atom is -0.330 e. The van der Waals surface area contributed by atoms with Crippen molar-refractivity contribution in [3.05, 3.63) is 77.6 Å². The van der Waals surface area contributed by atoms with Gasteiger partial charge in [-0.05, 0) is 19.9 Å². The molecule has 0 saturated heterocycles. The van der Waals surface area contributed by atoms with Gasteiger partial charge in [-0.3, -0.25) is 4.68 Å². The number of carbonyl (C=O) groups is 1. The van der Waals surface area contributed by atoms with Gasteiger partial charge in [0, 0.05) is 35.9 Å². The van der Waals surface area contributed by atoms with Crippen molar-refractivity contribution in [2.75, 3.05) is 6.54 Å². The first-order chi connectivity index (χ1) is 15.2. The lowest BCUT2D eigenvalue weighted by Gasteiger charge is -2.19. The van der Waals surface area contributed by atoms with Crippen LogP contribution in [0.1, 0.15) is 41.5 Å². The molecule has 0 bridgehead atoms. The first-order valence-corrected chi connectivity index (χ1v) is 9.84. The van der Waals surface area contributed by atoms with E-state index in [1.807, 2.05) is 31.2 Å². The van der Waals surface area contributed by atoms with Crippen LogP contribution in [-0.2, 0) is 6.18 Å². The maximum atomic E-state index is 12.9. The van der Waals surface area contributed by atoms with Crippen LogP contribution in [0.2, 0.25) is 0 Å². The standard InChI is InChI=1S/C21H20F3N7O/c1-13-4-6-15(7-5-13)18-17(30-9-3-8-27-30)12-31(29-18)20(32)28-14(2)16-10-25-19(26-11-16)21(22,23)24/h3-11,14,17H,12H2,1-2H3,(H,28,32)/t14-,17-/m1/s1. The first kappa shape index (κ1) is 21.5. The van der Waals surface area contributed by atoms with Gasteiger partial charge >= 0.3 is 12.2 Å². The molecule has 4 rings (SSSR count). The summed E-state index contributed by atoms with van der Waals surface area (Å²) in [4.78, 5) is 19.5. The molecule has 1 aliphatic heterocycles. The number of hydrazone groups is 1. The summed E-state index contributed by atoms with van der Waals surface area (Å²) in [6, 6.07) is 8.22. The number of alkyl halides is 3. The predicted molar refractivity (Wildman–Crippen MR) is 110 cm³/mol. The van der Waals surface area contributed by atoms with Crippen LogP contribution < -0.4 is 5.32 Å². The fraction of sp³-hybridized carbons (Fsp3) is 0.286.